The van der Waals surface area contributed by atoms with Gasteiger partial charge in [-0.1, -0.05) is 18.2 Å². The topological polar surface area (TPSA) is 32.1 Å². The van der Waals surface area contributed by atoms with E-state index in [-0.39, 0.29) is 5.82 Å². The molecule has 30 heavy (non-hydrogen) atoms. The van der Waals surface area contributed by atoms with E-state index in [1.54, 1.807) is 0 Å². The Balaban J connectivity index is 2.20. The molecule has 0 amide bonds. The molecule has 3 nitrogen and oxygen atoms in total. The van der Waals surface area contributed by atoms with Crippen LogP contribution in [-0.2, 0) is 7.05 Å². The van der Waals surface area contributed by atoms with Crippen LogP contribution in [0.4, 0.5) is 4.39 Å². The van der Waals surface area contributed by atoms with Gasteiger partial charge in [0.15, 0.2) is 6.20 Å². The van der Waals surface area contributed by atoms with Crippen molar-refractivity contribution in [2.75, 3.05) is 0 Å². The molecule has 0 saturated heterocycles. The van der Waals surface area contributed by atoms with Gasteiger partial charge in [0, 0.05) is 22.4 Å². The Morgan fingerprint density at radius 3 is 2.47 bits per heavy atom. The van der Waals surface area contributed by atoms with Crippen LogP contribution in [0.2, 0.25) is 0 Å². The number of rotatable bonds is 0. The Morgan fingerprint density at radius 2 is 1.70 bits per heavy atom. The van der Waals surface area contributed by atoms with E-state index < -0.39 is 0 Å². The highest BCUT2D eigenvalue weighted by Gasteiger charge is 2.28. The summed E-state index contributed by atoms with van der Waals surface area (Å²) in [6, 6.07) is 14.6. The zero-order valence-electron chi connectivity index (χ0n) is 17.3. The van der Waals surface area contributed by atoms with Gasteiger partial charge in [-0.15, -0.1) is 0 Å². The number of fused-ring (bicyclic) bond motifs is 6. The van der Waals surface area contributed by atoms with Gasteiger partial charge < -0.3 is 4.40 Å². The van der Waals surface area contributed by atoms with E-state index in [9.17, 15) is 5.26 Å². The summed E-state index contributed by atoms with van der Waals surface area (Å²) in [5.41, 5.74) is 6.89. The van der Waals surface area contributed by atoms with Crippen LogP contribution in [0.5, 0.6) is 0 Å². The summed E-state index contributed by atoms with van der Waals surface area (Å²) in [6.07, 6.45) is 2.03. The lowest BCUT2D eigenvalue weighted by molar-refractivity contribution is -0.643. The first-order valence-corrected chi connectivity index (χ1v) is 10.0. The van der Waals surface area contributed by atoms with Crippen molar-refractivity contribution in [3.05, 3.63) is 70.7 Å². The van der Waals surface area contributed by atoms with E-state index in [1.165, 1.54) is 0 Å². The second-order valence-electron chi connectivity index (χ2n) is 8.26. The van der Waals surface area contributed by atoms with Crippen molar-refractivity contribution < 1.29 is 8.96 Å². The van der Waals surface area contributed by atoms with Gasteiger partial charge in [0.1, 0.15) is 12.9 Å². The van der Waals surface area contributed by atoms with Crippen molar-refractivity contribution in [3.63, 3.8) is 0 Å². The Labute approximate surface area is 172 Å². The fourth-order valence-corrected chi connectivity index (χ4v) is 5.30. The quantitative estimate of drug-likeness (QED) is 0.184. The molecule has 144 valence electrons. The number of aromatic nitrogens is 2. The molecular formula is C26H19FN3+. The van der Waals surface area contributed by atoms with Crippen LogP contribution in [-0.4, -0.2) is 4.40 Å². The first-order valence-electron chi connectivity index (χ1n) is 10.0. The molecule has 0 aliphatic carbocycles. The van der Waals surface area contributed by atoms with E-state index in [0.29, 0.717) is 16.7 Å². The third kappa shape index (κ3) is 1.77. The molecule has 3 aromatic carbocycles. The average molecular weight is 392 g/mol. The molecule has 0 fully saturated rings. The van der Waals surface area contributed by atoms with Gasteiger partial charge in [0.25, 0.3) is 0 Å². The molecule has 3 heterocycles. The van der Waals surface area contributed by atoms with Gasteiger partial charge in [-0.2, -0.15) is 5.26 Å². The van der Waals surface area contributed by atoms with Crippen LogP contribution < -0.4 is 4.57 Å². The van der Waals surface area contributed by atoms with Crippen molar-refractivity contribution in [3.8, 4) is 6.07 Å². The minimum absolute atomic E-state index is 0.160. The highest BCUT2D eigenvalue weighted by atomic mass is 19.1. The molecular weight excluding hydrogens is 373 g/mol. The Bertz CT molecular complexity index is 1750. The van der Waals surface area contributed by atoms with Crippen LogP contribution >= 0.6 is 0 Å². The Hall–Kier alpha value is -3.71. The number of halogens is 1. The van der Waals surface area contributed by atoms with Crippen molar-refractivity contribution in [2.24, 2.45) is 7.05 Å². The number of hydrogen-bond acceptors (Lipinski definition) is 1. The Kier molecular flexibility index (Phi) is 3.12. The number of aryl methyl sites for hydroxylation is 3. The fourth-order valence-electron chi connectivity index (χ4n) is 5.30. The van der Waals surface area contributed by atoms with Crippen molar-refractivity contribution in [1.82, 2.24) is 4.40 Å². The summed E-state index contributed by atoms with van der Waals surface area (Å²) >= 11 is 0. The number of para-hydroxylation sites is 1. The molecule has 0 radical (unpaired) electrons. The van der Waals surface area contributed by atoms with Gasteiger partial charge in [0.05, 0.1) is 39.0 Å². The maximum absolute atomic E-state index is 15.3. The number of nitrogens with zero attached hydrogens (tertiary/aromatic N) is 3. The van der Waals surface area contributed by atoms with Crippen LogP contribution in [0, 0.1) is 37.9 Å². The van der Waals surface area contributed by atoms with Crippen molar-refractivity contribution in [1.29, 1.82) is 5.26 Å². The monoisotopic (exact) mass is 392 g/mol. The molecule has 0 saturated carbocycles. The molecule has 0 unspecified atom stereocenters. The summed E-state index contributed by atoms with van der Waals surface area (Å²) in [6.45, 7) is 5.73. The molecule has 3 aromatic heterocycles. The summed E-state index contributed by atoms with van der Waals surface area (Å²) in [4.78, 5) is 0. The Morgan fingerprint density at radius 1 is 0.933 bits per heavy atom. The van der Waals surface area contributed by atoms with Gasteiger partial charge in [-0.25, -0.2) is 8.96 Å². The van der Waals surface area contributed by atoms with Gasteiger partial charge in [-0.3, -0.25) is 0 Å². The minimum Gasteiger partial charge on any atom is -0.307 e. The van der Waals surface area contributed by atoms with E-state index in [0.717, 1.165) is 54.6 Å². The third-order valence-electron chi connectivity index (χ3n) is 6.81. The molecule has 6 aromatic rings. The third-order valence-corrected chi connectivity index (χ3v) is 6.81. The summed E-state index contributed by atoms with van der Waals surface area (Å²) in [7, 11) is 2.04. The molecule has 0 N–H and O–H groups in total. The highest BCUT2D eigenvalue weighted by Crippen LogP contribution is 2.43. The van der Waals surface area contributed by atoms with Crippen LogP contribution in [0.25, 0.3) is 49.0 Å². The summed E-state index contributed by atoms with van der Waals surface area (Å²) in [5, 5.41) is 15.1. The van der Waals surface area contributed by atoms with Gasteiger partial charge in [-0.05, 0) is 49.4 Å². The second-order valence-corrected chi connectivity index (χ2v) is 8.26. The normalized spacial score (nSPS) is 12.1. The standard InChI is InChI=1S/C26H19FN3/c1-13-14(2)23(27)15(3)24-20(13)25-22-16(9-10-29(25)4)11-17(12-28)21-18-7-5-6-8-19(18)30(24)26(21)22/h5-11H,1-4H3/q+1. The highest BCUT2D eigenvalue weighted by molar-refractivity contribution is 6.28. The smallest absolute Gasteiger partial charge is 0.224 e. The zero-order valence-corrected chi connectivity index (χ0v) is 17.3. The average Bonchev–Trinajstić information content (AvgIpc) is 3.11. The molecule has 0 atom stereocenters. The predicted octanol–water partition coefficient (Wildman–Crippen LogP) is 5.75. The van der Waals surface area contributed by atoms with Crippen LogP contribution in [0.1, 0.15) is 22.3 Å². The predicted molar refractivity (Wildman–Crippen MR) is 119 cm³/mol. The molecule has 4 heteroatoms. The van der Waals surface area contributed by atoms with Crippen molar-refractivity contribution >= 4 is 49.0 Å². The molecule has 0 aliphatic rings. The van der Waals surface area contributed by atoms with E-state index >= 15 is 4.39 Å². The maximum atomic E-state index is 15.3. The number of pyridine rings is 2. The van der Waals surface area contributed by atoms with E-state index in [1.807, 2.05) is 52.2 Å². The number of hydrogen-bond donors (Lipinski definition) is 0. The fraction of sp³-hybridized carbons (Fsp3) is 0.154. The number of nitriles is 1. The number of benzene rings is 3. The first-order chi connectivity index (χ1) is 14.5. The minimum atomic E-state index is -0.160. The van der Waals surface area contributed by atoms with E-state index in [2.05, 4.69) is 33.2 Å². The lowest BCUT2D eigenvalue weighted by atomic mass is 9.93. The lowest BCUT2D eigenvalue weighted by Crippen LogP contribution is -2.29. The van der Waals surface area contributed by atoms with Gasteiger partial charge >= 0.3 is 0 Å². The molecule has 0 bridgehead atoms. The SMILES string of the molecule is Cc1c(F)c(C)c2c(c1C)c1c3c(cc[n+]1C)cc(C#N)c1c4ccccc4n2c13. The largest absolute Gasteiger partial charge is 0.307 e. The lowest BCUT2D eigenvalue weighted by Gasteiger charge is -2.17. The summed E-state index contributed by atoms with van der Waals surface area (Å²) in [5.74, 6) is -0.160. The van der Waals surface area contributed by atoms with Crippen LogP contribution in [0.3, 0.4) is 0 Å². The van der Waals surface area contributed by atoms with Crippen LogP contribution in [0.15, 0.2) is 42.6 Å². The molecule has 0 aliphatic heterocycles. The second kappa shape index (κ2) is 5.46. The molecule has 6 rings (SSSR count). The van der Waals surface area contributed by atoms with Crippen molar-refractivity contribution in [2.45, 2.75) is 20.8 Å². The molecule has 0 spiro atoms. The first kappa shape index (κ1) is 17.2. The van der Waals surface area contributed by atoms with Gasteiger partial charge in [0.2, 0.25) is 5.52 Å². The zero-order chi connectivity index (χ0) is 20.9. The summed E-state index contributed by atoms with van der Waals surface area (Å²) < 4.78 is 19.6. The van der Waals surface area contributed by atoms with E-state index in [4.69, 9.17) is 0 Å². The maximum Gasteiger partial charge on any atom is 0.224 e.